The Morgan fingerprint density at radius 2 is 2.00 bits per heavy atom. The zero-order valence-corrected chi connectivity index (χ0v) is 11.7. The highest BCUT2D eigenvalue weighted by atomic mass is 19.1. The van der Waals surface area contributed by atoms with E-state index in [-0.39, 0.29) is 23.4 Å². The third kappa shape index (κ3) is 2.79. The number of ether oxygens (including phenoxy) is 1. The molecule has 2 fully saturated rings. The summed E-state index contributed by atoms with van der Waals surface area (Å²) in [4.78, 5) is 13.9. The molecule has 0 radical (unpaired) electrons. The van der Waals surface area contributed by atoms with E-state index in [0.717, 1.165) is 24.7 Å². The second kappa shape index (κ2) is 5.43. The van der Waals surface area contributed by atoms with Crippen LogP contribution in [0.1, 0.15) is 19.3 Å². The van der Waals surface area contributed by atoms with Crippen molar-refractivity contribution in [2.45, 2.75) is 19.3 Å². The molecule has 20 heavy (non-hydrogen) atoms. The van der Waals surface area contributed by atoms with Gasteiger partial charge in [0.15, 0.2) is 11.6 Å². The number of likely N-dealkylation sites (N-methyl/N-ethyl adjacent to an activating group) is 1. The van der Waals surface area contributed by atoms with E-state index in [0.29, 0.717) is 13.2 Å². The van der Waals surface area contributed by atoms with E-state index < -0.39 is 0 Å². The Kier molecular flexibility index (Phi) is 3.64. The molecule has 1 aromatic rings. The molecule has 0 heterocycles. The van der Waals surface area contributed by atoms with Crippen molar-refractivity contribution in [3.8, 4) is 5.75 Å². The summed E-state index contributed by atoms with van der Waals surface area (Å²) < 4.78 is 18.7. The van der Waals surface area contributed by atoms with E-state index in [4.69, 9.17) is 4.74 Å². The van der Waals surface area contributed by atoms with Crippen LogP contribution in [0, 0.1) is 23.6 Å². The van der Waals surface area contributed by atoms with Gasteiger partial charge in [-0.05, 0) is 43.2 Å². The summed E-state index contributed by atoms with van der Waals surface area (Å²) >= 11 is 0. The summed E-state index contributed by atoms with van der Waals surface area (Å²) in [6, 6.07) is 6.33. The minimum atomic E-state index is -0.364. The minimum Gasteiger partial charge on any atom is -0.489 e. The van der Waals surface area contributed by atoms with Crippen molar-refractivity contribution in [2.24, 2.45) is 17.8 Å². The smallest absolute Gasteiger partial charge is 0.225 e. The number of fused-ring (bicyclic) bond motifs is 1. The Balaban J connectivity index is 1.43. The number of carbonyl (C=O) groups excluding carboxylic acids is 1. The molecule has 0 bridgehead atoms. The first-order valence-corrected chi connectivity index (χ1v) is 7.27. The van der Waals surface area contributed by atoms with Gasteiger partial charge in [0, 0.05) is 13.0 Å². The molecule has 0 saturated heterocycles. The molecule has 2 aliphatic rings. The third-order valence-electron chi connectivity index (χ3n) is 4.49. The van der Waals surface area contributed by atoms with E-state index in [9.17, 15) is 9.18 Å². The number of para-hydroxylation sites is 1. The van der Waals surface area contributed by atoms with Crippen molar-refractivity contribution in [3.63, 3.8) is 0 Å². The highest BCUT2D eigenvalue weighted by Crippen LogP contribution is 2.54. The molecule has 2 unspecified atom stereocenters. The van der Waals surface area contributed by atoms with Gasteiger partial charge >= 0.3 is 0 Å². The Labute approximate surface area is 118 Å². The van der Waals surface area contributed by atoms with Gasteiger partial charge in [-0.3, -0.25) is 4.79 Å². The van der Waals surface area contributed by atoms with Crippen LogP contribution in [-0.4, -0.2) is 31.0 Å². The summed E-state index contributed by atoms with van der Waals surface area (Å²) in [6.07, 6.45) is 3.44. The molecule has 2 atom stereocenters. The zero-order valence-electron chi connectivity index (χ0n) is 11.7. The molecule has 1 amide bonds. The average Bonchev–Trinajstić information content (AvgIpc) is 3.06. The molecule has 2 aliphatic carbocycles. The first kappa shape index (κ1) is 13.4. The van der Waals surface area contributed by atoms with Crippen LogP contribution in [0.4, 0.5) is 4.39 Å². The fourth-order valence-electron chi connectivity index (χ4n) is 3.19. The predicted molar refractivity (Wildman–Crippen MR) is 73.9 cm³/mol. The van der Waals surface area contributed by atoms with Crippen molar-refractivity contribution in [1.82, 2.24) is 4.90 Å². The van der Waals surface area contributed by atoms with Gasteiger partial charge in [0.05, 0.1) is 6.54 Å². The number of nitrogens with zero attached hydrogens (tertiary/aromatic N) is 1. The van der Waals surface area contributed by atoms with Crippen LogP contribution in [0.3, 0.4) is 0 Å². The molecule has 0 spiro atoms. The summed E-state index contributed by atoms with van der Waals surface area (Å²) in [5, 5.41) is 0. The number of amides is 1. The molecule has 0 aromatic heterocycles. The molecule has 0 aliphatic heterocycles. The van der Waals surface area contributed by atoms with Gasteiger partial charge in [-0.2, -0.15) is 0 Å². The highest BCUT2D eigenvalue weighted by molar-refractivity contribution is 5.79. The topological polar surface area (TPSA) is 29.5 Å². The third-order valence-corrected chi connectivity index (χ3v) is 4.49. The molecular formula is C16H20FNO2. The van der Waals surface area contributed by atoms with Gasteiger partial charge in [-0.25, -0.2) is 4.39 Å². The molecule has 1 aromatic carbocycles. The van der Waals surface area contributed by atoms with Gasteiger partial charge in [0.2, 0.25) is 5.91 Å². The Morgan fingerprint density at radius 3 is 2.70 bits per heavy atom. The Morgan fingerprint density at radius 1 is 1.30 bits per heavy atom. The van der Waals surface area contributed by atoms with Crippen molar-refractivity contribution in [2.75, 3.05) is 20.2 Å². The molecular weight excluding hydrogens is 257 g/mol. The maximum absolute atomic E-state index is 13.4. The summed E-state index contributed by atoms with van der Waals surface area (Å²) in [5.41, 5.74) is 0. The van der Waals surface area contributed by atoms with Crippen LogP contribution >= 0.6 is 0 Å². The van der Waals surface area contributed by atoms with Crippen LogP contribution in [0.5, 0.6) is 5.75 Å². The van der Waals surface area contributed by atoms with Gasteiger partial charge in [-0.15, -0.1) is 0 Å². The number of rotatable bonds is 5. The lowest BCUT2D eigenvalue weighted by Crippen LogP contribution is -2.35. The standard InChI is InChI=1S/C16H20FNO2/c1-18(16(19)13-9-11-8-12(11)10-13)6-7-20-15-5-3-2-4-14(15)17/h2-5,11-13H,6-10H2,1H3. The van der Waals surface area contributed by atoms with E-state index in [1.54, 1.807) is 30.1 Å². The fraction of sp³-hybridized carbons (Fsp3) is 0.562. The van der Waals surface area contributed by atoms with E-state index >= 15 is 0 Å². The molecule has 3 rings (SSSR count). The zero-order chi connectivity index (χ0) is 14.1. The van der Waals surface area contributed by atoms with E-state index in [1.807, 2.05) is 0 Å². The van der Waals surface area contributed by atoms with E-state index in [2.05, 4.69) is 0 Å². The van der Waals surface area contributed by atoms with Crippen molar-refractivity contribution in [1.29, 1.82) is 0 Å². The second-order valence-electron chi connectivity index (χ2n) is 5.96. The Hall–Kier alpha value is -1.58. The normalized spacial score (nSPS) is 27.0. The van der Waals surface area contributed by atoms with Gasteiger partial charge in [0.25, 0.3) is 0 Å². The van der Waals surface area contributed by atoms with Gasteiger partial charge < -0.3 is 9.64 Å². The monoisotopic (exact) mass is 277 g/mol. The SMILES string of the molecule is CN(CCOc1ccccc1F)C(=O)C1CC2CC2C1. The number of hydrogen-bond acceptors (Lipinski definition) is 2. The van der Waals surface area contributed by atoms with Crippen molar-refractivity contribution in [3.05, 3.63) is 30.1 Å². The van der Waals surface area contributed by atoms with Gasteiger partial charge in [-0.1, -0.05) is 12.1 Å². The maximum atomic E-state index is 13.4. The number of halogens is 1. The molecule has 108 valence electrons. The second-order valence-corrected chi connectivity index (χ2v) is 5.96. The first-order valence-electron chi connectivity index (χ1n) is 7.27. The summed E-state index contributed by atoms with van der Waals surface area (Å²) in [5.74, 6) is 1.93. The molecule has 2 saturated carbocycles. The number of carbonyl (C=O) groups is 1. The maximum Gasteiger partial charge on any atom is 0.225 e. The molecule has 0 N–H and O–H groups in total. The molecule has 3 nitrogen and oxygen atoms in total. The van der Waals surface area contributed by atoms with Gasteiger partial charge in [0.1, 0.15) is 6.61 Å². The van der Waals surface area contributed by atoms with Crippen LogP contribution in [0.25, 0.3) is 0 Å². The minimum absolute atomic E-state index is 0.206. The highest BCUT2D eigenvalue weighted by Gasteiger charge is 2.48. The fourth-order valence-corrected chi connectivity index (χ4v) is 3.19. The van der Waals surface area contributed by atoms with Crippen LogP contribution in [0.15, 0.2) is 24.3 Å². The van der Waals surface area contributed by atoms with Crippen molar-refractivity contribution < 1.29 is 13.9 Å². The lowest BCUT2D eigenvalue weighted by molar-refractivity contribution is -0.134. The van der Waals surface area contributed by atoms with E-state index in [1.165, 1.54) is 12.5 Å². The number of hydrogen-bond donors (Lipinski definition) is 0. The summed E-state index contributed by atoms with van der Waals surface area (Å²) in [7, 11) is 1.80. The van der Waals surface area contributed by atoms with Crippen LogP contribution < -0.4 is 4.74 Å². The quantitative estimate of drug-likeness (QED) is 0.828. The van der Waals surface area contributed by atoms with Crippen molar-refractivity contribution >= 4 is 5.91 Å². The predicted octanol–water partition coefficient (Wildman–Crippen LogP) is 2.71. The van der Waals surface area contributed by atoms with Crippen LogP contribution in [-0.2, 0) is 4.79 Å². The number of benzene rings is 1. The summed E-state index contributed by atoms with van der Waals surface area (Å²) in [6.45, 7) is 0.821. The lowest BCUT2D eigenvalue weighted by Gasteiger charge is -2.22. The lowest BCUT2D eigenvalue weighted by atomic mass is 10.0. The first-order chi connectivity index (χ1) is 9.65. The largest absolute Gasteiger partial charge is 0.489 e. The van der Waals surface area contributed by atoms with Crippen LogP contribution in [0.2, 0.25) is 0 Å². The molecule has 4 heteroatoms. The Bertz CT molecular complexity index is 495. The average molecular weight is 277 g/mol.